The lowest BCUT2D eigenvalue weighted by Gasteiger charge is -2.09. The second-order valence-corrected chi connectivity index (χ2v) is 5.04. The Morgan fingerprint density at radius 2 is 2.10 bits per heavy atom. The molecule has 2 heterocycles. The van der Waals surface area contributed by atoms with E-state index < -0.39 is 0 Å². The molecule has 102 valence electrons. The van der Waals surface area contributed by atoms with E-state index in [4.69, 9.17) is 4.74 Å². The van der Waals surface area contributed by atoms with Gasteiger partial charge in [0.1, 0.15) is 16.4 Å². The van der Waals surface area contributed by atoms with Crippen LogP contribution in [0.4, 0.5) is 17.5 Å². The highest BCUT2D eigenvalue weighted by Gasteiger charge is 2.08. The van der Waals surface area contributed by atoms with Crippen LogP contribution in [0.1, 0.15) is 0 Å². The van der Waals surface area contributed by atoms with Crippen molar-refractivity contribution >= 4 is 39.0 Å². The minimum atomic E-state index is 0.602. The van der Waals surface area contributed by atoms with Crippen LogP contribution in [-0.4, -0.2) is 24.1 Å². The number of nitrogens with zero attached hydrogens (tertiary/aromatic N) is 2. The Hall–Kier alpha value is -2.34. The maximum absolute atomic E-state index is 5.23. The van der Waals surface area contributed by atoms with Crippen molar-refractivity contribution < 1.29 is 4.74 Å². The van der Waals surface area contributed by atoms with E-state index in [1.807, 2.05) is 42.8 Å². The number of fused-ring (bicyclic) bond motifs is 1. The van der Waals surface area contributed by atoms with Crippen LogP contribution in [0.3, 0.4) is 0 Å². The average Bonchev–Trinajstić information content (AvgIpc) is 2.96. The SMILES string of the molecule is CNc1nc(Nc2cccc(OC)c2)c2ccsc2n1. The van der Waals surface area contributed by atoms with Crippen molar-refractivity contribution in [1.82, 2.24) is 9.97 Å². The minimum absolute atomic E-state index is 0.602. The molecule has 6 heteroatoms. The summed E-state index contributed by atoms with van der Waals surface area (Å²) in [5.74, 6) is 2.19. The molecule has 0 aliphatic rings. The Balaban J connectivity index is 2.02. The number of nitrogens with one attached hydrogen (secondary N) is 2. The van der Waals surface area contributed by atoms with Crippen molar-refractivity contribution in [3.05, 3.63) is 35.7 Å². The van der Waals surface area contributed by atoms with Gasteiger partial charge in [-0.05, 0) is 23.6 Å². The summed E-state index contributed by atoms with van der Waals surface area (Å²) >= 11 is 1.59. The van der Waals surface area contributed by atoms with Crippen molar-refractivity contribution in [2.75, 3.05) is 24.8 Å². The molecule has 2 N–H and O–H groups in total. The van der Waals surface area contributed by atoms with E-state index in [1.165, 1.54) is 0 Å². The summed E-state index contributed by atoms with van der Waals surface area (Å²) in [6.45, 7) is 0. The topological polar surface area (TPSA) is 59.1 Å². The molecule has 5 nitrogen and oxygen atoms in total. The van der Waals surface area contributed by atoms with Crippen LogP contribution in [-0.2, 0) is 0 Å². The molecule has 0 aliphatic heterocycles. The molecule has 3 rings (SSSR count). The number of methoxy groups -OCH3 is 1. The molecule has 20 heavy (non-hydrogen) atoms. The van der Waals surface area contributed by atoms with Gasteiger partial charge in [0, 0.05) is 18.8 Å². The predicted octanol–water partition coefficient (Wildman–Crippen LogP) is 3.49. The van der Waals surface area contributed by atoms with Gasteiger partial charge in [0.2, 0.25) is 5.95 Å². The summed E-state index contributed by atoms with van der Waals surface area (Å²) in [5.41, 5.74) is 0.928. The zero-order valence-electron chi connectivity index (χ0n) is 11.2. The lowest BCUT2D eigenvalue weighted by molar-refractivity contribution is 0.415. The molecule has 0 bridgehead atoms. The number of thiophene rings is 1. The molecule has 0 spiro atoms. The zero-order chi connectivity index (χ0) is 13.9. The van der Waals surface area contributed by atoms with Crippen molar-refractivity contribution in [2.24, 2.45) is 0 Å². The third-order valence-corrected chi connectivity index (χ3v) is 3.69. The minimum Gasteiger partial charge on any atom is -0.497 e. The van der Waals surface area contributed by atoms with Gasteiger partial charge in [-0.15, -0.1) is 11.3 Å². The summed E-state index contributed by atoms with van der Waals surface area (Å²) in [5, 5.41) is 9.32. The lowest BCUT2D eigenvalue weighted by atomic mass is 10.3. The van der Waals surface area contributed by atoms with Gasteiger partial charge >= 0.3 is 0 Å². The van der Waals surface area contributed by atoms with E-state index >= 15 is 0 Å². The van der Waals surface area contributed by atoms with Crippen LogP contribution in [0.25, 0.3) is 10.2 Å². The summed E-state index contributed by atoms with van der Waals surface area (Å²) in [7, 11) is 3.46. The van der Waals surface area contributed by atoms with Crippen molar-refractivity contribution in [2.45, 2.75) is 0 Å². The number of hydrogen-bond acceptors (Lipinski definition) is 6. The molecular weight excluding hydrogens is 272 g/mol. The monoisotopic (exact) mass is 286 g/mol. The predicted molar refractivity (Wildman–Crippen MR) is 83.2 cm³/mol. The first-order valence-corrected chi connectivity index (χ1v) is 7.02. The number of ether oxygens (including phenoxy) is 1. The third-order valence-electron chi connectivity index (χ3n) is 2.88. The smallest absolute Gasteiger partial charge is 0.225 e. The number of benzene rings is 1. The van der Waals surface area contributed by atoms with Gasteiger partial charge in [-0.25, -0.2) is 4.98 Å². The molecule has 3 aromatic rings. The van der Waals surface area contributed by atoms with Crippen LogP contribution in [0.5, 0.6) is 5.75 Å². The molecular formula is C14H14N4OS. The van der Waals surface area contributed by atoms with E-state index in [2.05, 4.69) is 20.6 Å². The molecule has 0 saturated carbocycles. The highest BCUT2D eigenvalue weighted by Crippen LogP contribution is 2.29. The molecule has 0 radical (unpaired) electrons. The molecule has 0 atom stereocenters. The summed E-state index contributed by atoms with van der Waals surface area (Å²) in [4.78, 5) is 9.85. The highest BCUT2D eigenvalue weighted by atomic mass is 32.1. The zero-order valence-corrected chi connectivity index (χ0v) is 12.0. The van der Waals surface area contributed by atoms with Crippen molar-refractivity contribution in [3.63, 3.8) is 0 Å². The Bertz CT molecular complexity index is 741. The lowest BCUT2D eigenvalue weighted by Crippen LogP contribution is -2.00. The fourth-order valence-electron chi connectivity index (χ4n) is 1.90. The van der Waals surface area contributed by atoms with Crippen LogP contribution in [0.15, 0.2) is 35.7 Å². The van der Waals surface area contributed by atoms with E-state index in [9.17, 15) is 0 Å². The normalized spacial score (nSPS) is 10.5. The maximum atomic E-state index is 5.23. The molecule has 0 aliphatic carbocycles. The second kappa shape index (κ2) is 5.34. The fraction of sp³-hybridized carbons (Fsp3) is 0.143. The third kappa shape index (κ3) is 2.37. The summed E-state index contributed by atoms with van der Waals surface area (Å²) in [6.07, 6.45) is 0. The molecule has 1 aromatic carbocycles. The number of hydrogen-bond donors (Lipinski definition) is 2. The summed E-state index contributed by atoms with van der Waals surface area (Å²) < 4.78 is 5.23. The van der Waals surface area contributed by atoms with Crippen LogP contribution < -0.4 is 15.4 Å². The second-order valence-electron chi connectivity index (χ2n) is 4.14. The van der Waals surface area contributed by atoms with Gasteiger partial charge < -0.3 is 15.4 Å². The number of rotatable bonds is 4. The Kier molecular flexibility index (Phi) is 3.39. The van der Waals surface area contributed by atoms with E-state index in [0.717, 1.165) is 27.5 Å². The number of anilines is 3. The van der Waals surface area contributed by atoms with Crippen LogP contribution in [0, 0.1) is 0 Å². The largest absolute Gasteiger partial charge is 0.497 e. The number of aromatic nitrogens is 2. The fourth-order valence-corrected chi connectivity index (χ4v) is 2.66. The van der Waals surface area contributed by atoms with Gasteiger partial charge in [0.05, 0.1) is 12.5 Å². The molecule has 0 fully saturated rings. The molecule has 0 amide bonds. The average molecular weight is 286 g/mol. The van der Waals surface area contributed by atoms with Gasteiger partial charge in [0.25, 0.3) is 0 Å². The van der Waals surface area contributed by atoms with E-state index in [1.54, 1.807) is 18.4 Å². The first kappa shape index (κ1) is 12.7. The maximum Gasteiger partial charge on any atom is 0.225 e. The molecule has 0 saturated heterocycles. The Morgan fingerprint density at radius 1 is 1.20 bits per heavy atom. The van der Waals surface area contributed by atoms with E-state index in [0.29, 0.717) is 5.95 Å². The van der Waals surface area contributed by atoms with Crippen LogP contribution in [0.2, 0.25) is 0 Å². The van der Waals surface area contributed by atoms with Gasteiger partial charge in [-0.1, -0.05) is 6.07 Å². The Labute approximate surface area is 120 Å². The van der Waals surface area contributed by atoms with Gasteiger partial charge in [-0.3, -0.25) is 0 Å². The van der Waals surface area contributed by atoms with Gasteiger partial charge in [-0.2, -0.15) is 4.98 Å². The van der Waals surface area contributed by atoms with E-state index in [-0.39, 0.29) is 0 Å². The van der Waals surface area contributed by atoms with Crippen LogP contribution >= 0.6 is 11.3 Å². The standard InChI is InChI=1S/C14H14N4OS/c1-15-14-17-12(11-6-7-20-13(11)18-14)16-9-4-3-5-10(8-9)19-2/h3-8H,1-2H3,(H2,15,16,17,18). The Morgan fingerprint density at radius 3 is 2.90 bits per heavy atom. The first-order valence-electron chi connectivity index (χ1n) is 6.14. The van der Waals surface area contributed by atoms with Crippen molar-refractivity contribution in [1.29, 1.82) is 0 Å². The van der Waals surface area contributed by atoms with Gasteiger partial charge in [0.15, 0.2) is 0 Å². The summed E-state index contributed by atoms with van der Waals surface area (Å²) in [6, 6.07) is 9.76. The highest BCUT2D eigenvalue weighted by molar-refractivity contribution is 7.16. The molecule has 0 unspecified atom stereocenters. The molecule has 2 aromatic heterocycles. The first-order chi connectivity index (χ1) is 9.80. The quantitative estimate of drug-likeness (QED) is 0.769. The van der Waals surface area contributed by atoms with Crippen molar-refractivity contribution in [3.8, 4) is 5.75 Å².